The van der Waals surface area contributed by atoms with Crippen molar-refractivity contribution < 1.29 is 76.7 Å². The van der Waals surface area contributed by atoms with Crippen molar-refractivity contribution in [2.75, 3.05) is 52.5 Å². The zero-order valence-corrected chi connectivity index (χ0v) is 43.0. The van der Waals surface area contributed by atoms with Crippen molar-refractivity contribution in [2.24, 2.45) is 5.92 Å². The highest BCUT2D eigenvalue weighted by Crippen LogP contribution is 2.37. The highest BCUT2D eigenvalue weighted by atomic mass is 32.1. The van der Waals surface area contributed by atoms with E-state index >= 15 is 0 Å². The molecule has 0 radical (unpaired) electrons. The van der Waals surface area contributed by atoms with Gasteiger partial charge in [0.05, 0.1) is 77.1 Å². The smallest absolute Gasteiger partial charge is 0.306 e. The van der Waals surface area contributed by atoms with Gasteiger partial charge in [-0.25, -0.2) is 4.98 Å². The number of hydrogen-bond donors (Lipinski definition) is 4. The molecule has 75 heavy (non-hydrogen) atoms. The van der Waals surface area contributed by atoms with Gasteiger partial charge in [-0.15, -0.1) is 11.3 Å². The van der Waals surface area contributed by atoms with Crippen LogP contribution in [0, 0.1) is 5.92 Å². The van der Waals surface area contributed by atoms with Gasteiger partial charge in [0.1, 0.15) is 18.7 Å². The number of carboxylic acids is 1. The molecule has 0 fully saturated rings. The molecule has 22 nitrogen and oxygen atoms in total. The lowest BCUT2D eigenvalue weighted by atomic mass is 10.0. The van der Waals surface area contributed by atoms with Gasteiger partial charge in [-0.2, -0.15) is 0 Å². The summed E-state index contributed by atoms with van der Waals surface area (Å²) in [6, 6.07) is 11.7. The molecule has 0 unspecified atom stereocenters. The van der Waals surface area contributed by atoms with Crippen LogP contribution in [0.1, 0.15) is 85.8 Å². The number of carbonyl (C=O) groups is 9. The number of imide groups is 1. The number of Topliss-reactive ketones (excluding diaryl/α,β-unsaturated/α-hetero) is 1. The minimum atomic E-state index is -1.03. The lowest BCUT2D eigenvalue weighted by molar-refractivity contribution is -0.147. The van der Waals surface area contributed by atoms with Crippen LogP contribution < -0.4 is 34.9 Å². The molecule has 4 aromatic rings. The minimum absolute atomic E-state index is 0.000920. The van der Waals surface area contributed by atoms with Crippen LogP contribution in [0.4, 0.5) is 5.69 Å². The number of methoxy groups -OCH3 is 2. The molecule has 4 heterocycles. The van der Waals surface area contributed by atoms with Crippen LogP contribution in [0.25, 0.3) is 10.1 Å². The molecule has 2 aromatic heterocycles. The third-order valence-electron chi connectivity index (χ3n) is 11.8. The molecule has 2 aromatic carbocycles. The third-order valence-corrected chi connectivity index (χ3v) is 13.0. The lowest BCUT2D eigenvalue weighted by Crippen LogP contribution is -2.53. The van der Waals surface area contributed by atoms with Crippen molar-refractivity contribution >= 4 is 80.3 Å². The molecule has 0 spiro atoms. The van der Waals surface area contributed by atoms with Gasteiger partial charge in [0.15, 0.2) is 23.0 Å². The number of carboxylic acid groups (broad SMARTS) is 1. The SMILES string of the molecule is COc1cc2sc(C(=O)CCC(=O)O)cc2cc1OCCCOc1nc2c(cc1OC)CN(C(=O)CCC(=O)OCc1ccc(NC(=O)[C@H](C)NC(=O)[C@@H](NC(=O)CCOCCN3C(=O)C=CC3=O)C(C)C)cc1)C2. The lowest BCUT2D eigenvalue weighted by Gasteiger charge is -2.24. The first-order valence-corrected chi connectivity index (χ1v) is 25.0. The number of rotatable bonds is 29. The van der Waals surface area contributed by atoms with Gasteiger partial charge < -0.3 is 54.4 Å². The number of ketones is 1. The number of anilines is 1. The Morgan fingerprint density at radius 2 is 1.48 bits per heavy atom. The number of nitrogens with one attached hydrogen (secondary N) is 3. The number of fused-ring (bicyclic) bond motifs is 2. The summed E-state index contributed by atoms with van der Waals surface area (Å²) in [5.41, 5.74) is 2.47. The normalized spacial score (nSPS) is 13.6. The van der Waals surface area contributed by atoms with Gasteiger partial charge in [-0.1, -0.05) is 26.0 Å². The number of pyridine rings is 1. The van der Waals surface area contributed by atoms with Crippen LogP contribution in [0.2, 0.25) is 0 Å². The fourth-order valence-corrected chi connectivity index (χ4v) is 8.71. The number of carbonyl (C=O) groups excluding carboxylic acids is 8. The Kier molecular flexibility index (Phi) is 20.2. The number of aromatic nitrogens is 1. The molecule has 400 valence electrons. The maximum atomic E-state index is 13.2. The third kappa shape index (κ3) is 16.0. The number of thiophene rings is 1. The van der Waals surface area contributed by atoms with Gasteiger partial charge in [0, 0.05) is 60.8 Å². The van der Waals surface area contributed by atoms with Crippen molar-refractivity contribution in [3.05, 3.63) is 82.4 Å². The number of hydrogen-bond acceptors (Lipinski definition) is 17. The topological polar surface area (TPSA) is 285 Å². The summed E-state index contributed by atoms with van der Waals surface area (Å²) >= 11 is 1.26. The highest BCUT2D eigenvalue weighted by molar-refractivity contribution is 7.20. The molecule has 2 aliphatic rings. The van der Waals surface area contributed by atoms with E-state index in [1.165, 1.54) is 44.6 Å². The van der Waals surface area contributed by atoms with Gasteiger partial charge >= 0.3 is 11.9 Å². The van der Waals surface area contributed by atoms with E-state index in [1.54, 1.807) is 67.3 Å². The maximum Gasteiger partial charge on any atom is 0.306 e. The van der Waals surface area contributed by atoms with Crippen LogP contribution in [-0.4, -0.2) is 132 Å². The standard InChI is InChI=1S/C52H60N6O16S/c1-30(2)49(56-43(60)17-21-71-22-18-58-45(62)12-13-46(58)63)51(68)53-31(3)50(67)54-35-9-7-32(8-10-35)29-74-48(66)16-14-44(61)57-27-34-24-40(70-5)52(55-36(34)28-57)73-20-6-19-72-39-23-33-25-42(37(59)11-15-47(64)65)75-41(33)26-38(39)69-4/h7-10,12-13,23-26,30-31,49H,6,11,14-22,27-29H2,1-5H3,(H,53,68)(H,54,67)(H,56,60)(H,64,65)/t31-,49-/m0/s1. The van der Waals surface area contributed by atoms with Gasteiger partial charge in [0.25, 0.3) is 17.7 Å². The molecule has 2 aliphatic heterocycles. The fraction of sp³-hybridized carbons (Fsp3) is 0.423. The van der Waals surface area contributed by atoms with Crippen molar-refractivity contribution in [3.63, 3.8) is 0 Å². The zero-order valence-electron chi connectivity index (χ0n) is 42.2. The number of amides is 6. The molecule has 6 amide bonds. The van der Waals surface area contributed by atoms with E-state index in [0.717, 1.165) is 20.5 Å². The van der Waals surface area contributed by atoms with Gasteiger partial charge in [0.2, 0.25) is 23.6 Å². The summed E-state index contributed by atoms with van der Waals surface area (Å²) in [5.74, 6) is -3.21. The quantitative estimate of drug-likeness (QED) is 0.0252. The Morgan fingerprint density at radius 1 is 0.760 bits per heavy atom. The van der Waals surface area contributed by atoms with E-state index in [0.29, 0.717) is 45.5 Å². The predicted molar refractivity (Wildman–Crippen MR) is 270 cm³/mol. The number of aliphatic carboxylic acids is 1. The Hall–Kier alpha value is -7.92. The van der Waals surface area contributed by atoms with E-state index in [-0.39, 0.29) is 108 Å². The van der Waals surface area contributed by atoms with E-state index in [1.807, 2.05) is 0 Å². The van der Waals surface area contributed by atoms with Crippen LogP contribution in [0.15, 0.2) is 60.7 Å². The highest BCUT2D eigenvalue weighted by Gasteiger charge is 2.29. The first-order valence-electron chi connectivity index (χ1n) is 24.2. The molecule has 2 atom stereocenters. The molecular weight excluding hydrogens is 997 g/mol. The first kappa shape index (κ1) is 56.4. The molecule has 0 saturated heterocycles. The molecule has 4 N–H and O–H groups in total. The monoisotopic (exact) mass is 1060 g/mol. The van der Waals surface area contributed by atoms with E-state index in [2.05, 4.69) is 20.9 Å². The Balaban J connectivity index is 0.868. The maximum absolute atomic E-state index is 13.2. The number of nitrogens with zero attached hydrogens (tertiary/aromatic N) is 3. The fourth-order valence-electron chi connectivity index (χ4n) is 7.67. The van der Waals surface area contributed by atoms with E-state index in [9.17, 15) is 43.2 Å². The summed E-state index contributed by atoms with van der Waals surface area (Å²) in [6.45, 7) is 5.99. The molecule has 6 rings (SSSR count). The second-order valence-corrected chi connectivity index (χ2v) is 18.8. The number of benzene rings is 2. The minimum Gasteiger partial charge on any atom is -0.493 e. The number of ether oxygens (including phenoxy) is 6. The van der Waals surface area contributed by atoms with Crippen molar-refractivity contribution in [2.45, 2.75) is 91.1 Å². The summed E-state index contributed by atoms with van der Waals surface area (Å²) in [6.07, 6.45) is 2.16. The summed E-state index contributed by atoms with van der Waals surface area (Å²) < 4.78 is 34.6. The van der Waals surface area contributed by atoms with E-state index < -0.39 is 53.6 Å². The van der Waals surface area contributed by atoms with Crippen LogP contribution in [0.5, 0.6) is 23.1 Å². The first-order chi connectivity index (χ1) is 35.9. The van der Waals surface area contributed by atoms with Crippen molar-refractivity contribution in [1.29, 1.82) is 0 Å². The second-order valence-electron chi connectivity index (χ2n) is 17.8. The summed E-state index contributed by atoms with van der Waals surface area (Å²) in [7, 11) is 3.00. The Bertz CT molecular complexity index is 2790. The van der Waals surface area contributed by atoms with Crippen LogP contribution in [-0.2, 0) is 67.5 Å². The summed E-state index contributed by atoms with van der Waals surface area (Å²) in [4.78, 5) is 119. The zero-order chi connectivity index (χ0) is 54.2. The molecule has 0 bridgehead atoms. The predicted octanol–water partition coefficient (Wildman–Crippen LogP) is 4.49. The van der Waals surface area contributed by atoms with Crippen molar-refractivity contribution in [3.8, 4) is 23.1 Å². The van der Waals surface area contributed by atoms with Crippen LogP contribution >= 0.6 is 11.3 Å². The molecule has 23 heteroatoms. The molecule has 0 saturated carbocycles. The Morgan fingerprint density at radius 3 is 2.17 bits per heavy atom. The number of esters is 1. The average Bonchev–Trinajstić information content (AvgIpc) is 4.10. The average molecular weight is 1060 g/mol. The van der Waals surface area contributed by atoms with Gasteiger partial charge in [-0.3, -0.25) is 48.1 Å². The largest absolute Gasteiger partial charge is 0.493 e. The van der Waals surface area contributed by atoms with Crippen LogP contribution in [0.3, 0.4) is 0 Å². The Labute approximate surface area is 436 Å². The molecular formula is C52H60N6O16S. The second kappa shape index (κ2) is 26.9. The summed E-state index contributed by atoms with van der Waals surface area (Å²) in [5, 5.41) is 17.7. The van der Waals surface area contributed by atoms with Gasteiger partial charge in [-0.05, 0) is 59.7 Å². The molecule has 0 aliphatic carbocycles. The van der Waals surface area contributed by atoms with Crippen molar-refractivity contribution in [1.82, 2.24) is 25.4 Å². The van der Waals surface area contributed by atoms with E-state index in [4.69, 9.17) is 33.5 Å².